The number of aromatic nitrogens is 1. The zero-order chi connectivity index (χ0) is 24.1. The van der Waals surface area contributed by atoms with Gasteiger partial charge in [0.15, 0.2) is 5.78 Å². The van der Waals surface area contributed by atoms with Crippen molar-refractivity contribution in [3.8, 4) is 0 Å². The van der Waals surface area contributed by atoms with E-state index >= 15 is 0 Å². The molecule has 3 N–H and O–H groups in total. The van der Waals surface area contributed by atoms with Gasteiger partial charge < -0.3 is 20.5 Å². The molecule has 3 atom stereocenters. The molecule has 0 radical (unpaired) electrons. The van der Waals surface area contributed by atoms with Crippen LogP contribution in [0.25, 0.3) is 0 Å². The fourth-order valence-corrected chi connectivity index (χ4v) is 5.28. The van der Waals surface area contributed by atoms with Gasteiger partial charge in [-0.3, -0.25) is 14.4 Å². The van der Waals surface area contributed by atoms with Crippen LogP contribution in [0.5, 0.6) is 0 Å². The summed E-state index contributed by atoms with van der Waals surface area (Å²) in [4.78, 5) is 44.6. The minimum Gasteiger partial charge on any atom is -0.363 e. The molecule has 0 unspecified atom stereocenters. The molecule has 4 rings (SSSR count). The highest BCUT2D eigenvalue weighted by atomic mass is 16.2. The van der Waals surface area contributed by atoms with Gasteiger partial charge in [0.2, 0.25) is 11.8 Å². The Hall–Kier alpha value is -2.93. The number of amides is 2. The predicted octanol–water partition coefficient (Wildman–Crippen LogP) is 3.58. The summed E-state index contributed by atoms with van der Waals surface area (Å²) in [6, 6.07) is 10.1. The number of benzene rings is 1. The van der Waals surface area contributed by atoms with Crippen LogP contribution in [0.1, 0.15) is 79.5 Å². The summed E-state index contributed by atoms with van der Waals surface area (Å²) in [7, 11) is 1.75. The van der Waals surface area contributed by atoms with Crippen LogP contribution in [0, 0.1) is 5.92 Å². The lowest BCUT2D eigenvalue weighted by Crippen LogP contribution is -2.55. The van der Waals surface area contributed by atoms with Crippen molar-refractivity contribution in [3.63, 3.8) is 0 Å². The summed E-state index contributed by atoms with van der Waals surface area (Å²) in [5.74, 6) is -0.0175. The van der Waals surface area contributed by atoms with Crippen molar-refractivity contribution < 1.29 is 14.4 Å². The lowest BCUT2D eigenvalue weighted by Gasteiger charge is -2.35. The maximum Gasteiger partial charge on any atom is 0.246 e. The first kappa shape index (κ1) is 24.2. The number of hydrogen-bond acceptors (Lipinski definition) is 4. The van der Waals surface area contributed by atoms with Crippen molar-refractivity contribution in [2.45, 2.75) is 70.0 Å². The van der Waals surface area contributed by atoms with Crippen molar-refractivity contribution in [1.82, 2.24) is 20.5 Å². The van der Waals surface area contributed by atoms with E-state index in [2.05, 4.69) is 15.6 Å². The van der Waals surface area contributed by atoms with Crippen LogP contribution in [-0.2, 0) is 9.59 Å². The smallest absolute Gasteiger partial charge is 0.246 e. The highest BCUT2D eigenvalue weighted by Gasteiger charge is 2.39. The van der Waals surface area contributed by atoms with Crippen molar-refractivity contribution >= 4 is 17.6 Å². The number of carbonyl (C=O) groups excluding carboxylic acids is 3. The second kappa shape index (κ2) is 11.0. The number of likely N-dealkylation sites (tertiary alicyclic amines) is 1. The van der Waals surface area contributed by atoms with E-state index in [9.17, 15) is 14.4 Å². The molecule has 1 saturated heterocycles. The third kappa shape index (κ3) is 5.25. The molecule has 1 saturated carbocycles. The summed E-state index contributed by atoms with van der Waals surface area (Å²) in [5, 5.41) is 6.04. The van der Waals surface area contributed by atoms with Gasteiger partial charge >= 0.3 is 0 Å². The SMILES string of the molecule is CN[C@@H](C)C(=O)N[C@H](C(=O)N1CCC[C@H]1c1cc(C(=O)c2ccccc2)c[nH]1)C1CCCCC1. The standard InChI is InChI=1S/C27H36N4O3/c1-18(28-2)26(33)30-24(19-10-5-3-6-11-19)27(34)31-15-9-14-23(31)22-16-21(17-29-22)25(32)20-12-7-4-8-13-20/h4,7-8,12-13,16-19,23-24,28-29H,3,5-6,9-11,14-15H2,1-2H3,(H,30,33)/t18-,23-,24-/m0/s1. The number of likely N-dealkylation sites (N-methyl/N-ethyl adjacent to an activating group) is 1. The van der Waals surface area contributed by atoms with Crippen molar-refractivity contribution in [2.24, 2.45) is 5.92 Å². The number of ketones is 1. The summed E-state index contributed by atoms with van der Waals surface area (Å²) in [6.07, 6.45) is 8.77. The summed E-state index contributed by atoms with van der Waals surface area (Å²) >= 11 is 0. The molecule has 2 amide bonds. The van der Waals surface area contributed by atoms with E-state index in [-0.39, 0.29) is 35.6 Å². The van der Waals surface area contributed by atoms with Crippen LogP contribution in [0.15, 0.2) is 42.6 Å². The predicted molar refractivity (Wildman–Crippen MR) is 131 cm³/mol. The average Bonchev–Trinajstić information content (AvgIpc) is 3.57. The fourth-order valence-electron chi connectivity index (χ4n) is 5.28. The lowest BCUT2D eigenvalue weighted by atomic mass is 9.83. The second-order valence-electron chi connectivity index (χ2n) is 9.62. The van der Waals surface area contributed by atoms with Crippen LogP contribution in [0.3, 0.4) is 0 Å². The number of aromatic amines is 1. The minimum absolute atomic E-state index is 0.00316. The molecule has 2 fully saturated rings. The monoisotopic (exact) mass is 464 g/mol. The Labute approximate surface area is 201 Å². The molecule has 2 aromatic rings. The Morgan fingerprint density at radius 1 is 1.00 bits per heavy atom. The topological polar surface area (TPSA) is 94.3 Å². The Morgan fingerprint density at radius 3 is 2.44 bits per heavy atom. The molecule has 1 aromatic carbocycles. The third-order valence-corrected chi connectivity index (χ3v) is 7.41. The summed E-state index contributed by atoms with van der Waals surface area (Å²) in [6.45, 7) is 2.46. The van der Waals surface area contributed by atoms with Gasteiger partial charge in [0, 0.05) is 29.6 Å². The van der Waals surface area contributed by atoms with Crippen LogP contribution >= 0.6 is 0 Å². The number of H-pyrrole nitrogens is 1. The minimum atomic E-state index is -0.510. The largest absolute Gasteiger partial charge is 0.363 e. The number of rotatable bonds is 8. The van der Waals surface area contributed by atoms with Gasteiger partial charge in [0.05, 0.1) is 12.1 Å². The molecule has 7 heteroatoms. The third-order valence-electron chi connectivity index (χ3n) is 7.41. The molecule has 1 aromatic heterocycles. The Morgan fingerprint density at radius 2 is 1.74 bits per heavy atom. The van der Waals surface area contributed by atoms with E-state index in [1.54, 1.807) is 20.2 Å². The first-order valence-electron chi connectivity index (χ1n) is 12.6. The maximum absolute atomic E-state index is 13.8. The molecule has 34 heavy (non-hydrogen) atoms. The van der Waals surface area contributed by atoms with Gasteiger partial charge in [-0.2, -0.15) is 0 Å². The van der Waals surface area contributed by atoms with Crippen molar-refractivity contribution in [3.05, 3.63) is 59.4 Å². The zero-order valence-corrected chi connectivity index (χ0v) is 20.2. The number of hydrogen-bond donors (Lipinski definition) is 3. The molecule has 2 heterocycles. The van der Waals surface area contributed by atoms with E-state index in [0.29, 0.717) is 17.7 Å². The van der Waals surface area contributed by atoms with E-state index in [1.165, 1.54) is 6.42 Å². The van der Waals surface area contributed by atoms with Gasteiger partial charge in [-0.15, -0.1) is 0 Å². The van der Waals surface area contributed by atoms with E-state index in [1.807, 2.05) is 41.3 Å². The highest BCUT2D eigenvalue weighted by Crippen LogP contribution is 2.35. The first-order chi connectivity index (χ1) is 16.5. The lowest BCUT2D eigenvalue weighted by molar-refractivity contribution is -0.139. The van der Waals surface area contributed by atoms with Crippen LogP contribution in [0.2, 0.25) is 0 Å². The van der Waals surface area contributed by atoms with E-state index in [4.69, 9.17) is 0 Å². The quantitative estimate of drug-likeness (QED) is 0.521. The number of nitrogens with zero attached hydrogens (tertiary/aromatic N) is 1. The molecule has 0 bridgehead atoms. The van der Waals surface area contributed by atoms with E-state index < -0.39 is 6.04 Å². The molecule has 7 nitrogen and oxygen atoms in total. The van der Waals surface area contributed by atoms with E-state index in [0.717, 1.165) is 44.2 Å². The Bertz CT molecular complexity index is 996. The molecule has 0 spiro atoms. The number of carbonyl (C=O) groups is 3. The van der Waals surface area contributed by atoms with Crippen LogP contribution in [0.4, 0.5) is 0 Å². The number of nitrogens with one attached hydrogen (secondary N) is 3. The van der Waals surface area contributed by atoms with Gasteiger partial charge in [-0.1, -0.05) is 49.6 Å². The highest BCUT2D eigenvalue weighted by molar-refractivity contribution is 6.09. The van der Waals surface area contributed by atoms with Crippen molar-refractivity contribution in [2.75, 3.05) is 13.6 Å². The normalized spacial score (nSPS) is 20.6. The summed E-state index contributed by atoms with van der Waals surface area (Å²) in [5.41, 5.74) is 2.12. The van der Waals surface area contributed by atoms with Crippen LogP contribution < -0.4 is 10.6 Å². The van der Waals surface area contributed by atoms with Gasteiger partial charge in [0.1, 0.15) is 6.04 Å². The molecule has 1 aliphatic carbocycles. The molecular weight excluding hydrogens is 428 g/mol. The van der Waals surface area contributed by atoms with Gasteiger partial charge in [-0.05, 0) is 51.6 Å². The van der Waals surface area contributed by atoms with Crippen molar-refractivity contribution in [1.29, 1.82) is 0 Å². The molecular formula is C27H36N4O3. The zero-order valence-electron chi connectivity index (χ0n) is 20.2. The van der Waals surface area contributed by atoms with Gasteiger partial charge in [0.25, 0.3) is 0 Å². The first-order valence-corrected chi connectivity index (χ1v) is 12.6. The fraction of sp³-hybridized carbons (Fsp3) is 0.519. The molecule has 1 aliphatic heterocycles. The second-order valence-corrected chi connectivity index (χ2v) is 9.62. The molecule has 2 aliphatic rings. The average molecular weight is 465 g/mol. The Balaban J connectivity index is 1.53. The van der Waals surface area contributed by atoms with Gasteiger partial charge in [-0.25, -0.2) is 0 Å². The maximum atomic E-state index is 13.8. The molecule has 182 valence electrons. The summed E-state index contributed by atoms with van der Waals surface area (Å²) < 4.78 is 0. The Kier molecular flexibility index (Phi) is 7.83. The van der Waals surface area contributed by atoms with Crippen LogP contribution in [-0.4, -0.2) is 53.2 Å².